The van der Waals surface area contributed by atoms with Gasteiger partial charge in [0.1, 0.15) is 5.75 Å². The summed E-state index contributed by atoms with van der Waals surface area (Å²) >= 11 is 5.82. The van der Waals surface area contributed by atoms with Crippen molar-refractivity contribution in [1.82, 2.24) is 14.9 Å². The van der Waals surface area contributed by atoms with Crippen LogP contribution in [0.15, 0.2) is 66.7 Å². The van der Waals surface area contributed by atoms with Gasteiger partial charge in [-0.15, -0.1) is 0 Å². The Bertz CT molecular complexity index is 1690. The summed E-state index contributed by atoms with van der Waals surface area (Å²) < 4.78 is 6.28. The molecule has 0 radical (unpaired) electrons. The summed E-state index contributed by atoms with van der Waals surface area (Å²) in [7, 11) is 0. The van der Waals surface area contributed by atoms with E-state index in [-0.39, 0.29) is 0 Å². The van der Waals surface area contributed by atoms with Crippen LogP contribution in [0.4, 0.5) is 0 Å². The van der Waals surface area contributed by atoms with Crippen LogP contribution in [0.25, 0.3) is 43.6 Å². The van der Waals surface area contributed by atoms with Crippen molar-refractivity contribution in [3.63, 3.8) is 0 Å². The lowest BCUT2D eigenvalue weighted by atomic mass is 9.65. The van der Waals surface area contributed by atoms with Gasteiger partial charge in [0.15, 0.2) is 0 Å². The molecular formula is C31H29N3OS. The van der Waals surface area contributed by atoms with E-state index in [1.165, 1.54) is 17.2 Å². The fourth-order valence-electron chi connectivity index (χ4n) is 6.65. The molecule has 7 rings (SSSR count). The minimum Gasteiger partial charge on any atom is -0.432 e. The number of hydrogen-bond donors (Lipinski definition) is 0. The average molecular weight is 492 g/mol. The van der Waals surface area contributed by atoms with Crippen molar-refractivity contribution in [2.45, 2.75) is 39.7 Å². The molecule has 0 spiro atoms. The predicted octanol–water partition coefficient (Wildman–Crippen LogP) is 7.51. The van der Waals surface area contributed by atoms with Crippen LogP contribution in [0, 0.1) is 17.3 Å². The second kappa shape index (κ2) is 7.84. The smallest absolute Gasteiger partial charge is 0.265 e. The van der Waals surface area contributed by atoms with Crippen LogP contribution in [0.1, 0.15) is 33.6 Å². The molecule has 0 unspecified atom stereocenters. The molecule has 1 saturated heterocycles. The molecule has 0 amide bonds. The highest BCUT2D eigenvalue weighted by atomic mass is 32.1. The van der Waals surface area contributed by atoms with Crippen molar-refractivity contribution < 1.29 is 4.74 Å². The fourth-order valence-corrected chi connectivity index (χ4v) is 6.97. The molecule has 1 aliphatic carbocycles. The Morgan fingerprint density at radius 2 is 1.50 bits per heavy atom. The molecular weight excluding hydrogens is 462 g/mol. The standard InChI is InChI=1S/C31H29N3OS/c1-18-19-14-20(16-31(18,2)3)34(17-19)30(36)35-21-12-13-26-27(15-21)33-29-25-11-7-5-9-23(25)22-8-4-6-10-24(22)28(29)32-26/h4-13,15,18-20H,14,16-17H2,1-3H3/t18-,19+,20+/m1/s1. The van der Waals surface area contributed by atoms with E-state index in [1.54, 1.807) is 0 Å². The summed E-state index contributed by atoms with van der Waals surface area (Å²) in [5.74, 6) is 2.09. The highest BCUT2D eigenvalue weighted by Gasteiger charge is 2.48. The number of ether oxygens (including phenoxy) is 1. The number of thiocarbonyl (C=S) groups is 1. The van der Waals surface area contributed by atoms with Gasteiger partial charge in [0, 0.05) is 29.4 Å². The largest absolute Gasteiger partial charge is 0.432 e. The average Bonchev–Trinajstić information content (AvgIpc) is 3.26. The van der Waals surface area contributed by atoms with Crippen LogP contribution in [0.5, 0.6) is 5.75 Å². The van der Waals surface area contributed by atoms with Crippen LogP contribution in [-0.4, -0.2) is 32.6 Å². The summed E-state index contributed by atoms with van der Waals surface area (Å²) in [6.45, 7) is 8.17. The number of aromatic nitrogens is 2. The Labute approximate surface area is 216 Å². The van der Waals surface area contributed by atoms with Crippen LogP contribution in [-0.2, 0) is 0 Å². The van der Waals surface area contributed by atoms with Gasteiger partial charge in [0.05, 0.1) is 22.1 Å². The molecule has 4 aromatic carbocycles. The van der Waals surface area contributed by atoms with Crippen LogP contribution in [0.2, 0.25) is 0 Å². The SMILES string of the molecule is C[C@@H]1[C@H]2C[C@@H](CC1(C)C)N(C(=S)Oc1ccc3nc4c5ccccc5c5ccccc5c4nc3c1)C2. The topological polar surface area (TPSA) is 38.2 Å². The monoisotopic (exact) mass is 491 g/mol. The molecule has 2 aliphatic rings. The van der Waals surface area contributed by atoms with E-state index >= 15 is 0 Å². The molecule has 0 N–H and O–H groups in total. The Kier molecular flexibility index (Phi) is 4.78. The summed E-state index contributed by atoms with van der Waals surface area (Å²) in [5, 5.41) is 5.22. The Morgan fingerprint density at radius 3 is 2.17 bits per heavy atom. The third-order valence-corrected chi connectivity index (χ3v) is 9.20. The maximum absolute atomic E-state index is 6.28. The van der Waals surface area contributed by atoms with Crippen molar-refractivity contribution >= 4 is 61.0 Å². The van der Waals surface area contributed by atoms with E-state index in [1.807, 2.05) is 18.2 Å². The lowest BCUT2D eigenvalue weighted by Gasteiger charge is -2.40. The molecule has 5 heteroatoms. The molecule has 180 valence electrons. The number of hydrogen-bond acceptors (Lipinski definition) is 4. The second-order valence-electron chi connectivity index (χ2n) is 11.3. The first-order valence-corrected chi connectivity index (χ1v) is 13.3. The lowest BCUT2D eigenvalue weighted by Crippen LogP contribution is -2.40. The van der Waals surface area contributed by atoms with Crippen molar-refractivity contribution in [3.8, 4) is 5.75 Å². The zero-order valence-electron chi connectivity index (χ0n) is 20.9. The lowest BCUT2D eigenvalue weighted by molar-refractivity contribution is 0.106. The molecule has 1 saturated carbocycles. The summed E-state index contributed by atoms with van der Waals surface area (Å²) in [5.41, 5.74) is 3.86. The quantitative estimate of drug-likeness (QED) is 0.138. The van der Waals surface area contributed by atoms with Crippen LogP contribution < -0.4 is 4.74 Å². The minimum absolute atomic E-state index is 0.338. The first kappa shape index (κ1) is 21.9. The number of benzene rings is 4. The van der Waals surface area contributed by atoms with Gasteiger partial charge in [-0.1, -0.05) is 69.3 Å². The first-order valence-electron chi connectivity index (χ1n) is 12.9. The number of likely N-dealkylation sites (tertiary alicyclic amines) is 1. The Hall–Kier alpha value is -3.31. The highest BCUT2D eigenvalue weighted by Crippen LogP contribution is 2.49. The molecule has 36 heavy (non-hydrogen) atoms. The number of fused-ring (bicyclic) bond motifs is 9. The summed E-state index contributed by atoms with van der Waals surface area (Å²) in [6, 6.07) is 23.3. The van der Waals surface area contributed by atoms with Crippen LogP contribution in [0.3, 0.4) is 0 Å². The van der Waals surface area contributed by atoms with Gasteiger partial charge in [-0.05, 0) is 65.2 Å². The summed E-state index contributed by atoms with van der Waals surface area (Å²) in [6.07, 6.45) is 2.37. The van der Waals surface area contributed by atoms with Gasteiger partial charge >= 0.3 is 0 Å². The highest BCUT2D eigenvalue weighted by molar-refractivity contribution is 7.80. The predicted molar refractivity (Wildman–Crippen MR) is 151 cm³/mol. The van der Waals surface area contributed by atoms with E-state index in [4.69, 9.17) is 26.9 Å². The molecule has 2 fully saturated rings. The van der Waals surface area contributed by atoms with E-state index in [9.17, 15) is 0 Å². The Balaban J connectivity index is 1.28. The molecule has 5 aromatic rings. The van der Waals surface area contributed by atoms with Gasteiger partial charge in [-0.3, -0.25) is 0 Å². The fraction of sp³-hybridized carbons (Fsp3) is 0.323. The molecule has 2 bridgehead atoms. The van der Waals surface area contributed by atoms with Gasteiger partial charge in [0.25, 0.3) is 5.17 Å². The van der Waals surface area contributed by atoms with Crippen molar-refractivity contribution in [1.29, 1.82) is 0 Å². The Morgan fingerprint density at radius 1 is 0.889 bits per heavy atom. The van der Waals surface area contributed by atoms with E-state index in [0.717, 1.165) is 51.6 Å². The zero-order valence-corrected chi connectivity index (χ0v) is 21.7. The normalized spacial score (nSPS) is 23.1. The molecule has 1 aliphatic heterocycles. The molecule has 2 heterocycles. The second-order valence-corrected chi connectivity index (χ2v) is 11.7. The van der Waals surface area contributed by atoms with Gasteiger partial charge in [0.2, 0.25) is 0 Å². The van der Waals surface area contributed by atoms with E-state index < -0.39 is 0 Å². The first-order chi connectivity index (χ1) is 17.4. The van der Waals surface area contributed by atoms with Crippen molar-refractivity contribution in [2.24, 2.45) is 17.3 Å². The van der Waals surface area contributed by atoms with Gasteiger partial charge in [-0.2, -0.15) is 0 Å². The van der Waals surface area contributed by atoms with Crippen molar-refractivity contribution in [2.75, 3.05) is 6.54 Å². The zero-order chi connectivity index (χ0) is 24.6. The molecule has 1 aromatic heterocycles. The van der Waals surface area contributed by atoms with E-state index in [2.05, 4.69) is 74.2 Å². The maximum atomic E-state index is 6.28. The van der Waals surface area contributed by atoms with Gasteiger partial charge in [-0.25, -0.2) is 9.97 Å². The third kappa shape index (κ3) is 3.29. The minimum atomic E-state index is 0.338. The van der Waals surface area contributed by atoms with Crippen molar-refractivity contribution in [3.05, 3.63) is 66.7 Å². The molecule has 3 atom stereocenters. The maximum Gasteiger partial charge on any atom is 0.265 e. The summed E-state index contributed by atoms with van der Waals surface area (Å²) in [4.78, 5) is 12.5. The number of rotatable bonds is 1. The van der Waals surface area contributed by atoms with E-state index in [0.29, 0.717) is 28.5 Å². The van der Waals surface area contributed by atoms with Crippen LogP contribution >= 0.6 is 12.2 Å². The van der Waals surface area contributed by atoms with Gasteiger partial charge < -0.3 is 9.64 Å². The third-order valence-electron chi connectivity index (χ3n) is 8.88. The molecule has 4 nitrogen and oxygen atoms in total. The number of nitrogens with zero attached hydrogens (tertiary/aromatic N) is 3.